The van der Waals surface area contributed by atoms with Crippen LogP contribution in [0, 0.1) is 5.41 Å². The molecule has 0 atom stereocenters. The maximum absolute atomic E-state index is 7.28. The van der Waals surface area contributed by atoms with Gasteiger partial charge in [0.2, 0.25) is 0 Å². The van der Waals surface area contributed by atoms with E-state index in [0.717, 1.165) is 26.2 Å². The second-order valence-corrected chi connectivity index (χ2v) is 5.38. The molecule has 2 aliphatic rings. The summed E-state index contributed by atoms with van der Waals surface area (Å²) in [6.07, 6.45) is 0. The number of hydrogen-bond acceptors (Lipinski definition) is 2. The minimum Gasteiger partial charge on any atom is -0.305 e. The monoisotopic (exact) mass is 171 g/mol. The van der Waals surface area contributed by atoms with Crippen LogP contribution in [0.1, 0.15) is 24.9 Å². The van der Waals surface area contributed by atoms with Crippen molar-refractivity contribution in [1.82, 2.24) is 9.80 Å². The van der Waals surface area contributed by atoms with Crippen LogP contribution in [0.5, 0.6) is 0 Å². The lowest BCUT2D eigenvalue weighted by Crippen LogP contribution is -2.73. The van der Waals surface area contributed by atoms with E-state index in [1.165, 1.54) is 0 Å². The average molecular weight is 171 g/mol. The predicted octanol–water partition coefficient (Wildman–Crippen LogP) is 1.03. The molecule has 1 spiro atoms. The van der Waals surface area contributed by atoms with Crippen molar-refractivity contribution in [3.8, 4) is 0 Å². The van der Waals surface area contributed by atoms with Crippen LogP contribution in [0.4, 0.5) is 0 Å². The molecular formula is C10H20N2. The highest BCUT2D eigenvalue weighted by Crippen LogP contribution is 2.41. The second-order valence-electron chi connectivity index (χ2n) is 5.38. The fourth-order valence-corrected chi connectivity index (χ4v) is 2.20. The van der Waals surface area contributed by atoms with Crippen LogP contribution in [0.15, 0.2) is 0 Å². The van der Waals surface area contributed by atoms with Gasteiger partial charge in [0.05, 0.1) is 0 Å². The molecule has 2 nitrogen and oxygen atoms in total. The van der Waals surface area contributed by atoms with Crippen molar-refractivity contribution in [2.75, 3.05) is 33.2 Å². The summed E-state index contributed by atoms with van der Waals surface area (Å²) in [7, 11) is 0. The predicted molar refractivity (Wildman–Crippen MR) is 51.3 cm³/mol. The van der Waals surface area contributed by atoms with E-state index in [-0.39, 0.29) is 5.54 Å². The normalized spacial score (nSPS) is 34.8. The average Bonchev–Trinajstić information content (AvgIpc) is 1.71. The molecule has 0 saturated carbocycles. The van der Waals surface area contributed by atoms with Crippen LogP contribution in [-0.4, -0.2) is 48.5 Å². The lowest BCUT2D eigenvalue weighted by molar-refractivity contribution is -0.136. The summed E-state index contributed by atoms with van der Waals surface area (Å²) in [6, 6.07) is 0. The Balaban J connectivity index is 1.83. The molecule has 0 aliphatic carbocycles. The van der Waals surface area contributed by atoms with Crippen molar-refractivity contribution in [2.24, 2.45) is 5.41 Å². The van der Waals surface area contributed by atoms with Gasteiger partial charge in [0, 0.05) is 41.2 Å². The van der Waals surface area contributed by atoms with Crippen LogP contribution in [0.2, 0.25) is 0 Å². The Morgan fingerprint density at radius 2 is 1.75 bits per heavy atom. The van der Waals surface area contributed by atoms with Crippen molar-refractivity contribution in [3.05, 3.63) is 0 Å². The zero-order valence-electron chi connectivity index (χ0n) is 11.2. The lowest BCUT2D eigenvalue weighted by atomic mass is 9.71. The molecule has 2 heterocycles. The van der Waals surface area contributed by atoms with E-state index < -0.39 is 6.98 Å². The zero-order valence-corrected chi connectivity index (χ0v) is 8.22. The highest BCUT2D eigenvalue weighted by molar-refractivity contribution is 5.07. The Kier molecular flexibility index (Phi) is 1.05. The first kappa shape index (κ1) is 5.61. The zero-order chi connectivity index (χ0) is 11.5. The Labute approximate surface area is 79.7 Å². The van der Waals surface area contributed by atoms with E-state index >= 15 is 0 Å². The fourth-order valence-electron chi connectivity index (χ4n) is 2.20. The van der Waals surface area contributed by atoms with E-state index in [1.807, 2.05) is 0 Å². The summed E-state index contributed by atoms with van der Waals surface area (Å²) in [6.45, 7) is 8.35. The van der Waals surface area contributed by atoms with Crippen molar-refractivity contribution in [2.45, 2.75) is 26.3 Å². The van der Waals surface area contributed by atoms with Gasteiger partial charge in [0.1, 0.15) is 0 Å². The van der Waals surface area contributed by atoms with Crippen LogP contribution in [0.25, 0.3) is 0 Å². The van der Waals surface area contributed by atoms with E-state index in [0.29, 0.717) is 5.41 Å². The first-order valence-electron chi connectivity index (χ1n) is 6.13. The maximum atomic E-state index is 7.28. The third-order valence-corrected chi connectivity index (χ3v) is 3.05. The van der Waals surface area contributed by atoms with Crippen molar-refractivity contribution >= 4 is 0 Å². The van der Waals surface area contributed by atoms with Gasteiger partial charge in [-0.25, -0.2) is 0 Å². The summed E-state index contributed by atoms with van der Waals surface area (Å²) in [5.74, 6) is 0. The molecule has 2 fully saturated rings. The number of nitrogens with zero attached hydrogens (tertiary/aromatic N) is 2. The molecule has 2 aliphatic heterocycles. The molecule has 0 aromatic rings. The number of likely N-dealkylation sites (tertiary alicyclic amines) is 2. The molecule has 0 unspecified atom stereocenters. The molecule has 0 aromatic heterocycles. The summed E-state index contributed by atoms with van der Waals surface area (Å²) < 4.78 is 21.9. The van der Waals surface area contributed by atoms with Gasteiger partial charge in [0.15, 0.2) is 0 Å². The standard InChI is InChI=1S/C10H20N2/c1-9(2,3)12-7-10(8-12)5-11(4)6-10/h5-8H2,1-4H3/i4D3. The largest absolute Gasteiger partial charge is 0.305 e. The van der Waals surface area contributed by atoms with Gasteiger partial charge in [-0.05, 0) is 27.7 Å². The molecule has 70 valence electrons. The number of rotatable bonds is 0. The quantitative estimate of drug-likeness (QED) is 0.537. The van der Waals surface area contributed by atoms with E-state index in [4.69, 9.17) is 4.11 Å². The van der Waals surface area contributed by atoms with E-state index in [2.05, 4.69) is 25.7 Å². The maximum Gasteiger partial charge on any atom is 0.0394 e. The molecule has 0 bridgehead atoms. The Morgan fingerprint density at radius 1 is 1.17 bits per heavy atom. The Hall–Kier alpha value is -0.0800. The molecule has 2 saturated heterocycles. The lowest BCUT2D eigenvalue weighted by Gasteiger charge is -2.63. The Bertz CT molecular complexity index is 223. The molecule has 0 amide bonds. The molecule has 2 heteroatoms. The second kappa shape index (κ2) is 2.24. The minimum atomic E-state index is -1.88. The highest BCUT2D eigenvalue weighted by Gasteiger charge is 2.52. The van der Waals surface area contributed by atoms with E-state index in [1.54, 1.807) is 4.90 Å². The van der Waals surface area contributed by atoms with Gasteiger partial charge >= 0.3 is 0 Å². The van der Waals surface area contributed by atoms with Crippen molar-refractivity contribution < 1.29 is 4.11 Å². The van der Waals surface area contributed by atoms with Gasteiger partial charge in [-0.3, -0.25) is 4.90 Å². The molecule has 0 aromatic carbocycles. The van der Waals surface area contributed by atoms with Crippen molar-refractivity contribution in [1.29, 1.82) is 0 Å². The Morgan fingerprint density at radius 3 is 2.17 bits per heavy atom. The van der Waals surface area contributed by atoms with Gasteiger partial charge < -0.3 is 4.90 Å². The SMILES string of the molecule is [2H]C([2H])([2H])N1CC2(C1)CN(C(C)(C)C)C2. The molecule has 0 N–H and O–H groups in total. The van der Waals surface area contributed by atoms with Crippen LogP contribution in [-0.2, 0) is 0 Å². The van der Waals surface area contributed by atoms with Crippen LogP contribution in [0.3, 0.4) is 0 Å². The molecule has 12 heavy (non-hydrogen) atoms. The first-order valence-corrected chi connectivity index (χ1v) is 4.63. The molecule has 0 radical (unpaired) electrons. The molecular weight excluding hydrogens is 148 g/mol. The van der Waals surface area contributed by atoms with Gasteiger partial charge in [-0.2, -0.15) is 0 Å². The van der Waals surface area contributed by atoms with Crippen molar-refractivity contribution in [3.63, 3.8) is 0 Å². The third kappa shape index (κ3) is 1.17. The van der Waals surface area contributed by atoms with Crippen LogP contribution < -0.4 is 0 Å². The first-order chi connectivity index (χ1) is 6.62. The van der Waals surface area contributed by atoms with Gasteiger partial charge in [0.25, 0.3) is 0 Å². The summed E-state index contributed by atoms with van der Waals surface area (Å²) in [4.78, 5) is 4.02. The fraction of sp³-hybridized carbons (Fsp3) is 1.00. The summed E-state index contributed by atoms with van der Waals surface area (Å²) in [5.41, 5.74) is 0.521. The molecule has 2 rings (SSSR count). The summed E-state index contributed by atoms with van der Waals surface area (Å²) in [5, 5.41) is 0. The minimum absolute atomic E-state index is 0.228. The topological polar surface area (TPSA) is 6.48 Å². The third-order valence-electron chi connectivity index (χ3n) is 3.05. The smallest absolute Gasteiger partial charge is 0.0394 e. The van der Waals surface area contributed by atoms with Gasteiger partial charge in [-0.15, -0.1) is 0 Å². The summed E-state index contributed by atoms with van der Waals surface area (Å²) >= 11 is 0. The number of hydrogen-bond donors (Lipinski definition) is 0. The van der Waals surface area contributed by atoms with E-state index in [9.17, 15) is 0 Å². The van der Waals surface area contributed by atoms with Gasteiger partial charge in [-0.1, -0.05) is 0 Å². The highest BCUT2D eigenvalue weighted by atomic mass is 15.3. The van der Waals surface area contributed by atoms with Crippen LogP contribution >= 0.6 is 0 Å².